The Morgan fingerprint density at radius 1 is 1.03 bits per heavy atom. The maximum atomic E-state index is 13.4. The van der Waals surface area contributed by atoms with Gasteiger partial charge in [-0.15, -0.1) is 5.10 Å². The van der Waals surface area contributed by atoms with Gasteiger partial charge in [-0.2, -0.15) is 0 Å². The summed E-state index contributed by atoms with van der Waals surface area (Å²) < 4.78 is 21.1. The number of nitrogens with zero attached hydrogens (tertiary/aromatic N) is 7. The third kappa shape index (κ3) is 4.90. The van der Waals surface area contributed by atoms with Crippen molar-refractivity contribution in [3.8, 4) is 0 Å². The summed E-state index contributed by atoms with van der Waals surface area (Å²) in [5.41, 5.74) is 3.38. The molecule has 2 aromatic carbocycles. The van der Waals surface area contributed by atoms with Crippen LogP contribution >= 0.6 is 0 Å². The van der Waals surface area contributed by atoms with Gasteiger partial charge in [0.1, 0.15) is 5.82 Å². The molecule has 2 fully saturated rings. The molecule has 0 spiro atoms. The van der Waals surface area contributed by atoms with Crippen molar-refractivity contribution >= 4 is 11.4 Å². The Hall–Kier alpha value is -3.04. The zero-order valence-electron chi connectivity index (χ0n) is 19.8. The molecule has 34 heavy (non-hydrogen) atoms. The van der Waals surface area contributed by atoms with Gasteiger partial charge in [0.15, 0.2) is 5.82 Å². The van der Waals surface area contributed by atoms with Gasteiger partial charge in [0.05, 0.1) is 18.7 Å². The third-order valence-electron chi connectivity index (χ3n) is 6.80. The summed E-state index contributed by atoms with van der Waals surface area (Å²) in [4.78, 5) is 6.85. The van der Waals surface area contributed by atoms with E-state index in [2.05, 4.69) is 54.5 Å². The smallest absolute Gasteiger partial charge is 0.173 e. The van der Waals surface area contributed by atoms with Crippen LogP contribution in [0.3, 0.4) is 0 Å². The largest absolute Gasteiger partial charge is 0.378 e. The standard InChI is InChI=1S/C25H32FN7O/c1-30(2)21-9-5-19(6-10-21)24(25-27-28-29-33(25)18-23-4-3-17-34-23)32-15-13-31(14-16-32)22-11-7-20(26)8-12-22/h5-12,23-24H,3-4,13-18H2,1-2H3. The number of piperazine rings is 1. The quantitative estimate of drug-likeness (QED) is 0.532. The number of hydrogen-bond acceptors (Lipinski definition) is 7. The van der Waals surface area contributed by atoms with Gasteiger partial charge < -0.3 is 14.5 Å². The molecule has 1 aromatic heterocycles. The van der Waals surface area contributed by atoms with Crippen molar-refractivity contribution in [2.24, 2.45) is 0 Å². The predicted molar refractivity (Wildman–Crippen MR) is 130 cm³/mol. The fourth-order valence-electron chi connectivity index (χ4n) is 4.89. The van der Waals surface area contributed by atoms with Crippen LogP contribution in [0.25, 0.3) is 0 Å². The Kier molecular flexibility index (Phi) is 6.73. The number of rotatable bonds is 7. The van der Waals surface area contributed by atoms with Crippen LogP contribution in [0, 0.1) is 5.82 Å². The van der Waals surface area contributed by atoms with E-state index in [0.717, 1.165) is 62.8 Å². The van der Waals surface area contributed by atoms with Crippen molar-refractivity contribution in [3.05, 3.63) is 65.7 Å². The van der Waals surface area contributed by atoms with Crippen molar-refractivity contribution in [1.82, 2.24) is 25.1 Å². The van der Waals surface area contributed by atoms with Gasteiger partial charge in [-0.1, -0.05) is 12.1 Å². The molecule has 0 amide bonds. The lowest BCUT2D eigenvalue weighted by Gasteiger charge is -2.40. The van der Waals surface area contributed by atoms with Crippen LogP contribution < -0.4 is 9.80 Å². The normalized spacial score (nSPS) is 20.0. The fourth-order valence-corrected chi connectivity index (χ4v) is 4.89. The molecule has 0 N–H and O–H groups in total. The van der Waals surface area contributed by atoms with Gasteiger partial charge in [0.2, 0.25) is 0 Å². The highest BCUT2D eigenvalue weighted by molar-refractivity contribution is 5.48. The van der Waals surface area contributed by atoms with E-state index in [1.165, 1.54) is 17.7 Å². The molecular formula is C25H32FN7O. The Labute approximate surface area is 199 Å². The molecule has 180 valence electrons. The van der Waals surface area contributed by atoms with Crippen LogP contribution in [0.5, 0.6) is 0 Å². The minimum absolute atomic E-state index is 0.0528. The molecular weight excluding hydrogens is 433 g/mol. The first-order valence-corrected chi connectivity index (χ1v) is 12.0. The van der Waals surface area contributed by atoms with E-state index in [4.69, 9.17) is 4.74 Å². The Bertz CT molecular complexity index is 1060. The molecule has 2 unspecified atom stereocenters. The highest BCUT2D eigenvalue weighted by atomic mass is 19.1. The molecule has 2 atom stereocenters. The molecule has 2 saturated heterocycles. The third-order valence-corrected chi connectivity index (χ3v) is 6.80. The summed E-state index contributed by atoms with van der Waals surface area (Å²) in [6, 6.07) is 15.3. The van der Waals surface area contributed by atoms with Crippen LogP contribution in [0.4, 0.5) is 15.8 Å². The summed E-state index contributed by atoms with van der Waals surface area (Å²) >= 11 is 0. The van der Waals surface area contributed by atoms with Crippen LogP contribution in [0.1, 0.15) is 30.3 Å². The Balaban J connectivity index is 1.40. The van der Waals surface area contributed by atoms with Crippen LogP contribution in [-0.2, 0) is 11.3 Å². The summed E-state index contributed by atoms with van der Waals surface area (Å²) in [7, 11) is 4.09. The average Bonchev–Trinajstić information content (AvgIpc) is 3.54. The number of ether oxygens (including phenoxy) is 1. The highest BCUT2D eigenvalue weighted by Crippen LogP contribution is 2.31. The molecule has 2 aliphatic heterocycles. The zero-order valence-corrected chi connectivity index (χ0v) is 19.8. The second-order valence-electron chi connectivity index (χ2n) is 9.24. The predicted octanol–water partition coefficient (Wildman–Crippen LogP) is 2.97. The number of halogens is 1. The van der Waals surface area contributed by atoms with Gasteiger partial charge in [-0.25, -0.2) is 9.07 Å². The Morgan fingerprint density at radius 2 is 1.76 bits per heavy atom. The molecule has 9 heteroatoms. The first-order valence-electron chi connectivity index (χ1n) is 12.0. The van der Waals surface area contributed by atoms with Crippen molar-refractivity contribution in [1.29, 1.82) is 0 Å². The summed E-state index contributed by atoms with van der Waals surface area (Å²) in [5.74, 6) is 0.644. The SMILES string of the molecule is CN(C)c1ccc(C(c2nnnn2CC2CCCO2)N2CCN(c3ccc(F)cc3)CC2)cc1. The summed E-state index contributed by atoms with van der Waals surface area (Å²) in [6.45, 7) is 4.89. The minimum atomic E-state index is -0.207. The van der Waals surface area contributed by atoms with Crippen LogP contribution in [0.2, 0.25) is 0 Å². The number of tetrazole rings is 1. The van der Waals surface area contributed by atoms with E-state index in [-0.39, 0.29) is 18.0 Å². The molecule has 2 aliphatic rings. The van der Waals surface area contributed by atoms with Gasteiger partial charge in [-0.05, 0) is 65.2 Å². The van der Waals surface area contributed by atoms with Crippen molar-refractivity contribution < 1.29 is 9.13 Å². The number of anilines is 2. The highest BCUT2D eigenvalue weighted by Gasteiger charge is 2.31. The molecule has 3 aromatic rings. The van der Waals surface area contributed by atoms with Gasteiger partial charge in [-0.3, -0.25) is 4.90 Å². The van der Waals surface area contributed by atoms with Gasteiger partial charge >= 0.3 is 0 Å². The van der Waals surface area contributed by atoms with E-state index in [0.29, 0.717) is 6.54 Å². The van der Waals surface area contributed by atoms with E-state index in [9.17, 15) is 4.39 Å². The van der Waals surface area contributed by atoms with Gasteiger partial charge in [0, 0.05) is 58.3 Å². The summed E-state index contributed by atoms with van der Waals surface area (Å²) in [5, 5.41) is 12.9. The second-order valence-corrected chi connectivity index (χ2v) is 9.24. The maximum absolute atomic E-state index is 13.4. The van der Waals surface area contributed by atoms with Crippen molar-refractivity contribution in [2.45, 2.75) is 31.5 Å². The fraction of sp³-hybridized carbons (Fsp3) is 0.480. The van der Waals surface area contributed by atoms with E-state index >= 15 is 0 Å². The lowest BCUT2D eigenvalue weighted by atomic mass is 10.0. The van der Waals surface area contributed by atoms with E-state index < -0.39 is 0 Å². The van der Waals surface area contributed by atoms with E-state index in [1.807, 2.05) is 30.9 Å². The summed E-state index contributed by atoms with van der Waals surface area (Å²) in [6.07, 6.45) is 2.29. The molecule has 0 saturated carbocycles. The molecule has 0 bridgehead atoms. The number of benzene rings is 2. The van der Waals surface area contributed by atoms with Gasteiger partial charge in [0.25, 0.3) is 0 Å². The van der Waals surface area contributed by atoms with Crippen LogP contribution in [0.15, 0.2) is 48.5 Å². The molecule has 3 heterocycles. The topological polar surface area (TPSA) is 62.6 Å². The second kappa shape index (κ2) is 10.1. The first-order chi connectivity index (χ1) is 16.6. The van der Waals surface area contributed by atoms with Crippen molar-refractivity contribution in [2.75, 3.05) is 56.7 Å². The monoisotopic (exact) mass is 465 g/mol. The molecule has 8 nitrogen and oxygen atoms in total. The Morgan fingerprint density at radius 3 is 2.41 bits per heavy atom. The van der Waals surface area contributed by atoms with Crippen molar-refractivity contribution in [3.63, 3.8) is 0 Å². The average molecular weight is 466 g/mol. The molecule has 5 rings (SSSR count). The van der Waals surface area contributed by atoms with Crippen LogP contribution in [-0.4, -0.2) is 78.1 Å². The lowest BCUT2D eigenvalue weighted by molar-refractivity contribution is 0.0906. The zero-order chi connectivity index (χ0) is 23.5. The molecule has 0 radical (unpaired) electrons. The number of aromatic nitrogens is 4. The maximum Gasteiger partial charge on any atom is 0.173 e. The molecule has 0 aliphatic carbocycles. The minimum Gasteiger partial charge on any atom is -0.378 e. The first kappa shape index (κ1) is 22.7. The van der Waals surface area contributed by atoms with E-state index in [1.54, 1.807) is 0 Å². The number of hydrogen-bond donors (Lipinski definition) is 0. The lowest BCUT2D eigenvalue weighted by Crippen LogP contribution is -2.48.